The van der Waals surface area contributed by atoms with E-state index in [4.69, 9.17) is 11.6 Å². The Bertz CT molecular complexity index is 696. The van der Waals surface area contributed by atoms with Gasteiger partial charge in [0.15, 0.2) is 0 Å². The summed E-state index contributed by atoms with van der Waals surface area (Å²) in [6.07, 6.45) is 5.32. The highest BCUT2D eigenvalue weighted by Gasteiger charge is 2.49. The van der Waals surface area contributed by atoms with Crippen LogP contribution in [0.25, 0.3) is 0 Å². The number of amides is 1. The van der Waals surface area contributed by atoms with Gasteiger partial charge in [0.1, 0.15) is 12.2 Å². The Labute approximate surface area is 133 Å². The van der Waals surface area contributed by atoms with Crippen LogP contribution in [-0.2, 0) is 10.3 Å². The van der Waals surface area contributed by atoms with Gasteiger partial charge in [0.05, 0.1) is 5.54 Å². The van der Waals surface area contributed by atoms with Gasteiger partial charge < -0.3 is 5.32 Å². The first-order valence-electron chi connectivity index (χ1n) is 7.61. The van der Waals surface area contributed by atoms with Gasteiger partial charge in [-0.1, -0.05) is 23.7 Å². The second-order valence-corrected chi connectivity index (χ2v) is 6.70. The van der Waals surface area contributed by atoms with E-state index < -0.39 is 0 Å². The zero-order chi connectivity index (χ0) is 15.2. The van der Waals surface area contributed by atoms with Crippen LogP contribution >= 0.6 is 11.6 Å². The van der Waals surface area contributed by atoms with Crippen LogP contribution in [0.5, 0.6) is 0 Å². The molecule has 2 fully saturated rings. The molecular formula is C16H17ClN4O. The number of aromatic amines is 1. The third kappa shape index (κ3) is 2.29. The maximum Gasteiger partial charge on any atom is 0.224 e. The lowest BCUT2D eigenvalue weighted by molar-refractivity contribution is -0.125. The molecule has 114 valence electrons. The van der Waals surface area contributed by atoms with Gasteiger partial charge in [-0.05, 0) is 49.3 Å². The number of benzene rings is 1. The Morgan fingerprint density at radius 1 is 1.41 bits per heavy atom. The molecule has 0 unspecified atom stereocenters. The maximum atomic E-state index is 12.6. The maximum absolute atomic E-state index is 12.6. The van der Waals surface area contributed by atoms with Crippen molar-refractivity contribution in [2.75, 3.05) is 0 Å². The largest absolute Gasteiger partial charge is 0.343 e. The van der Waals surface area contributed by atoms with Crippen molar-refractivity contribution < 1.29 is 4.79 Å². The van der Waals surface area contributed by atoms with E-state index in [1.54, 1.807) is 0 Å². The molecule has 22 heavy (non-hydrogen) atoms. The van der Waals surface area contributed by atoms with Crippen LogP contribution in [-0.4, -0.2) is 21.1 Å². The molecule has 2 N–H and O–H groups in total. The van der Waals surface area contributed by atoms with Crippen molar-refractivity contribution in [3.8, 4) is 0 Å². The van der Waals surface area contributed by atoms with Crippen molar-refractivity contribution in [3.05, 3.63) is 47.0 Å². The number of nitrogens with zero attached hydrogens (tertiary/aromatic N) is 2. The van der Waals surface area contributed by atoms with Crippen LogP contribution in [0.2, 0.25) is 5.02 Å². The van der Waals surface area contributed by atoms with Crippen LogP contribution in [0.1, 0.15) is 43.0 Å². The molecule has 2 aliphatic rings. The lowest BCUT2D eigenvalue weighted by Gasteiger charge is -2.40. The van der Waals surface area contributed by atoms with E-state index in [0.29, 0.717) is 0 Å². The molecule has 0 bridgehead atoms. The number of H-pyrrole nitrogens is 1. The van der Waals surface area contributed by atoms with Gasteiger partial charge in [0.25, 0.3) is 0 Å². The summed E-state index contributed by atoms with van der Waals surface area (Å²) in [6.45, 7) is 0. The van der Waals surface area contributed by atoms with Crippen molar-refractivity contribution in [2.24, 2.45) is 5.92 Å². The van der Waals surface area contributed by atoms with E-state index >= 15 is 0 Å². The smallest absolute Gasteiger partial charge is 0.224 e. The number of hydrogen-bond donors (Lipinski definition) is 2. The molecule has 1 amide bonds. The average Bonchev–Trinajstić information content (AvgIpc) is 3.09. The standard InChI is InChI=1S/C16H17ClN4O/c17-11-4-1-3-10(7-11)12-8-13(12)14(22)20-16(5-2-6-16)15-18-9-19-21-15/h1,3-4,7,9,12-13H,2,5-6,8H2,(H,20,22)(H,18,19,21)/t12-,13+/m0/s1. The minimum atomic E-state index is -0.338. The molecular weight excluding hydrogens is 300 g/mol. The number of hydrogen-bond acceptors (Lipinski definition) is 3. The van der Waals surface area contributed by atoms with Gasteiger partial charge in [-0.25, -0.2) is 4.98 Å². The summed E-state index contributed by atoms with van der Waals surface area (Å²) in [7, 11) is 0. The Kier molecular flexibility index (Phi) is 3.18. The predicted octanol–water partition coefficient (Wildman–Crippen LogP) is 2.76. The number of aromatic nitrogens is 3. The highest BCUT2D eigenvalue weighted by Crippen LogP contribution is 2.49. The molecule has 0 spiro atoms. The van der Waals surface area contributed by atoms with Crippen molar-refractivity contribution in [3.63, 3.8) is 0 Å². The molecule has 2 aliphatic carbocycles. The third-order valence-corrected chi connectivity index (χ3v) is 5.08. The fourth-order valence-electron chi connectivity index (χ4n) is 3.31. The highest BCUT2D eigenvalue weighted by atomic mass is 35.5. The lowest BCUT2D eigenvalue weighted by atomic mass is 9.76. The van der Waals surface area contributed by atoms with E-state index in [9.17, 15) is 4.79 Å². The average molecular weight is 317 g/mol. The van der Waals surface area contributed by atoms with Crippen molar-refractivity contribution in [1.29, 1.82) is 0 Å². The van der Waals surface area contributed by atoms with Crippen molar-refractivity contribution >= 4 is 17.5 Å². The molecule has 2 aromatic rings. The lowest BCUT2D eigenvalue weighted by Crippen LogP contribution is -2.52. The number of nitrogens with one attached hydrogen (secondary N) is 2. The fraction of sp³-hybridized carbons (Fsp3) is 0.438. The van der Waals surface area contributed by atoms with E-state index in [0.717, 1.165) is 42.1 Å². The molecule has 6 heteroatoms. The summed E-state index contributed by atoms with van der Waals surface area (Å²) in [5.74, 6) is 1.21. The minimum absolute atomic E-state index is 0.0406. The van der Waals surface area contributed by atoms with Gasteiger partial charge in [-0.15, -0.1) is 0 Å². The first kappa shape index (κ1) is 13.8. The highest BCUT2D eigenvalue weighted by molar-refractivity contribution is 6.30. The van der Waals surface area contributed by atoms with Gasteiger partial charge in [0.2, 0.25) is 5.91 Å². The van der Waals surface area contributed by atoms with E-state index in [2.05, 4.69) is 20.5 Å². The summed E-state index contributed by atoms with van der Waals surface area (Å²) in [5, 5.41) is 10.7. The first-order chi connectivity index (χ1) is 10.7. The summed E-state index contributed by atoms with van der Waals surface area (Å²) in [6, 6.07) is 7.79. The second kappa shape index (κ2) is 5.09. The number of carbonyl (C=O) groups excluding carboxylic acids is 1. The van der Waals surface area contributed by atoms with Crippen molar-refractivity contribution in [1.82, 2.24) is 20.5 Å². The summed E-state index contributed by atoms with van der Waals surface area (Å²) < 4.78 is 0. The normalized spacial score (nSPS) is 25.3. The van der Waals surface area contributed by atoms with Crippen LogP contribution in [0.15, 0.2) is 30.6 Å². The Balaban J connectivity index is 1.46. The van der Waals surface area contributed by atoms with Gasteiger partial charge in [-0.3, -0.25) is 9.89 Å². The SMILES string of the molecule is O=C(NC1(c2ncn[nH]2)CCC1)[C@@H]1C[C@H]1c1cccc(Cl)c1. The zero-order valence-electron chi connectivity index (χ0n) is 12.1. The van der Waals surface area contributed by atoms with Gasteiger partial charge >= 0.3 is 0 Å². The topological polar surface area (TPSA) is 70.7 Å². The monoisotopic (exact) mass is 316 g/mol. The van der Waals surface area contributed by atoms with Gasteiger partial charge in [0, 0.05) is 10.9 Å². The Hall–Kier alpha value is -1.88. The molecule has 2 saturated carbocycles. The number of halogens is 1. The molecule has 4 rings (SSSR count). The van der Waals surface area contributed by atoms with Crippen LogP contribution in [0, 0.1) is 5.92 Å². The Morgan fingerprint density at radius 3 is 2.91 bits per heavy atom. The van der Waals surface area contributed by atoms with Crippen LogP contribution < -0.4 is 5.32 Å². The molecule has 2 atom stereocenters. The molecule has 1 aromatic carbocycles. The molecule has 5 nitrogen and oxygen atoms in total. The molecule has 0 aliphatic heterocycles. The predicted molar refractivity (Wildman–Crippen MR) is 82.4 cm³/mol. The molecule has 0 radical (unpaired) electrons. The number of rotatable bonds is 4. The quantitative estimate of drug-likeness (QED) is 0.911. The number of carbonyl (C=O) groups is 1. The fourth-order valence-corrected chi connectivity index (χ4v) is 3.51. The zero-order valence-corrected chi connectivity index (χ0v) is 12.8. The summed E-state index contributed by atoms with van der Waals surface area (Å²) in [4.78, 5) is 16.8. The molecule has 1 aromatic heterocycles. The van der Waals surface area contributed by atoms with Crippen LogP contribution in [0.3, 0.4) is 0 Å². The Morgan fingerprint density at radius 2 is 2.27 bits per heavy atom. The third-order valence-electron chi connectivity index (χ3n) is 4.84. The van der Waals surface area contributed by atoms with Crippen LogP contribution in [0.4, 0.5) is 0 Å². The van der Waals surface area contributed by atoms with Gasteiger partial charge in [-0.2, -0.15) is 5.10 Å². The second-order valence-electron chi connectivity index (χ2n) is 6.26. The summed E-state index contributed by atoms with van der Waals surface area (Å²) in [5.41, 5.74) is 0.810. The van der Waals surface area contributed by atoms with E-state index in [1.165, 1.54) is 6.33 Å². The van der Waals surface area contributed by atoms with E-state index in [1.807, 2.05) is 24.3 Å². The minimum Gasteiger partial charge on any atom is -0.343 e. The molecule has 1 heterocycles. The van der Waals surface area contributed by atoms with E-state index in [-0.39, 0.29) is 23.3 Å². The molecule has 0 saturated heterocycles. The summed E-state index contributed by atoms with van der Waals surface area (Å²) >= 11 is 6.03. The first-order valence-corrected chi connectivity index (χ1v) is 7.99. The van der Waals surface area contributed by atoms with Crippen molar-refractivity contribution in [2.45, 2.75) is 37.1 Å².